The molecule has 3 heterocycles. The molecular formula is C23H22N4O3S2. The fourth-order valence-corrected chi connectivity index (χ4v) is 4.59. The van der Waals surface area contributed by atoms with Gasteiger partial charge in [-0.3, -0.25) is 9.59 Å². The van der Waals surface area contributed by atoms with Gasteiger partial charge in [-0.05, 0) is 30.9 Å². The molecule has 9 heteroatoms. The zero-order valence-electron chi connectivity index (χ0n) is 17.8. The number of hydrogen-bond donors (Lipinski definition) is 2. The highest BCUT2D eigenvalue weighted by molar-refractivity contribution is 7.14. The number of oxazole rings is 1. The zero-order chi connectivity index (χ0) is 22.7. The third-order valence-electron chi connectivity index (χ3n) is 4.83. The van der Waals surface area contributed by atoms with E-state index in [2.05, 4.69) is 20.6 Å². The Labute approximate surface area is 193 Å². The van der Waals surface area contributed by atoms with E-state index in [4.69, 9.17) is 4.42 Å². The molecule has 32 heavy (non-hydrogen) atoms. The van der Waals surface area contributed by atoms with E-state index < -0.39 is 0 Å². The summed E-state index contributed by atoms with van der Waals surface area (Å²) in [6.45, 7) is 5.25. The van der Waals surface area contributed by atoms with E-state index in [0.29, 0.717) is 22.5 Å². The molecule has 0 spiro atoms. The second kappa shape index (κ2) is 9.46. The van der Waals surface area contributed by atoms with Crippen LogP contribution in [0.25, 0.3) is 22.0 Å². The number of benzene rings is 1. The van der Waals surface area contributed by atoms with Crippen molar-refractivity contribution in [3.8, 4) is 22.0 Å². The van der Waals surface area contributed by atoms with Crippen LogP contribution < -0.4 is 10.6 Å². The van der Waals surface area contributed by atoms with Crippen molar-refractivity contribution in [2.75, 3.05) is 5.32 Å². The van der Waals surface area contributed by atoms with Gasteiger partial charge in [-0.15, -0.1) is 22.7 Å². The van der Waals surface area contributed by atoms with Crippen molar-refractivity contribution in [2.24, 2.45) is 0 Å². The molecular weight excluding hydrogens is 444 g/mol. The van der Waals surface area contributed by atoms with Gasteiger partial charge in [0, 0.05) is 17.9 Å². The maximum Gasteiger partial charge on any atom is 0.236 e. The van der Waals surface area contributed by atoms with Crippen molar-refractivity contribution < 1.29 is 14.0 Å². The quantitative estimate of drug-likeness (QED) is 0.389. The summed E-state index contributed by atoms with van der Waals surface area (Å²) in [5.74, 6) is 0.912. The average molecular weight is 467 g/mol. The highest BCUT2D eigenvalue weighted by Crippen LogP contribution is 2.28. The van der Waals surface area contributed by atoms with Crippen LogP contribution in [0.4, 0.5) is 5.13 Å². The fourth-order valence-electron chi connectivity index (χ4n) is 3.21. The normalized spacial score (nSPS) is 11.8. The first-order valence-electron chi connectivity index (χ1n) is 10.0. The molecule has 0 aliphatic rings. The Hall–Kier alpha value is -3.30. The van der Waals surface area contributed by atoms with Crippen LogP contribution in [0.1, 0.15) is 36.9 Å². The van der Waals surface area contributed by atoms with Gasteiger partial charge in [0.25, 0.3) is 0 Å². The summed E-state index contributed by atoms with van der Waals surface area (Å²) in [6, 6.07) is 11.6. The number of thiazole rings is 1. The van der Waals surface area contributed by atoms with Crippen molar-refractivity contribution in [2.45, 2.75) is 33.2 Å². The summed E-state index contributed by atoms with van der Waals surface area (Å²) in [6.07, 6.45) is 0.116. The van der Waals surface area contributed by atoms with E-state index in [1.165, 1.54) is 18.3 Å². The SMILES string of the molecule is CC(=O)NC(C)c1ccc(-c2csc(NC(=O)Cc3nc(-c4cccs4)oc3C)n2)cc1. The van der Waals surface area contributed by atoms with Crippen LogP contribution in [-0.4, -0.2) is 21.8 Å². The van der Waals surface area contributed by atoms with E-state index >= 15 is 0 Å². The molecule has 4 aromatic rings. The van der Waals surface area contributed by atoms with Gasteiger partial charge < -0.3 is 15.1 Å². The highest BCUT2D eigenvalue weighted by Gasteiger charge is 2.16. The van der Waals surface area contributed by atoms with Gasteiger partial charge in [0.1, 0.15) is 5.76 Å². The molecule has 1 unspecified atom stereocenters. The van der Waals surface area contributed by atoms with Gasteiger partial charge in [-0.2, -0.15) is 0 Å². The molecule has 0 bridgehead atoms. The van der Waals surface area contributed by atoms with Crippen molar-refractivity contribution in [1.82, 2.24) is 15.3 Å². The van der Waals surface area contributed by atoms with Crippen molar-refractivity contribution in [3.05, 3.63) is 64.2 Å². The number of anilines is 1. The average Bonchev–Trinajstić information content (AvgIpc) is 3.50. The van der Waals surface area contributed by atoms with Gasteiger partial charge >= 0.3 is 0 Å². The van der Waals surface area contributed by atoms with Crippen molar-refractivity contribution >= 4 is 39.6 Å². The molecule has 0 aliphatic heterocycles. The molecule has 3 aromatic heterocycles. The van der Waals surface area contributed by atoms with Gasteiger partial charge in [-0.25, -0.2) is 9.97 Å². The van der Waals surface area contributed by atoms with Crippen LogP contribution in [0.15, 0.2) is 51.6 Å². The summed E-state index contributed by atoms with van der Waals surface area (Å²) >= 11 is 2.91. The molecule has 2 amide bonds. The minimum Gasteiger partial charge on any atom is -0.440 e. The maximum atomic E-state index is 12.5. The van der Waals surface area contributed by atoms with Crippen LogP contribution >= 0.6 is 22.7 Å². The van der Waals surface area contributed by atoms with Crippen LogP contribution in [-0.2, 0) is 16.0 Å². The van der Waals surface area contributed by atoms with E-state index in [9.17, 15) is 9.59 Å². The smallest absolute Gasteiger partial charge is 0.236 e. The third-order valence-corrected chi connectivity index (χ3v) is 6.44. The molecule has 1 atom stereocenters. The van der Waals surface area contributed by atoms with Gasteiger partial charge in [0.05, 0.1) is 28.7 Å². The van der Waals surface area contributed by atoms with Gasteiger partial charge in [0.2, 0.25) is 17.7 Å². The standard InChI is InChI=1S/C23H22N4O3S2/c1-13(24-15(3)28)16-6-8-17(9-7-16)19-12-32-23(26-19)27-21(29)11-18-14(2)30-22(25-18)20-5-4-10-31-20/h4-10,12-13H,11H2,1-3H3,(H,24,28)(H,26,27,29). The number of carbonyl (C=O) groups excluding carboxylic acids is 2. The molecule has 0 saturated carbocycles. The first-order valence-corrected chi connectivity index (χ1v) is 11.8. The Morgan fingerprint density at radius 1 is 1.12 bits per heavy atom. The number of thiophene rings is 1. The second-order valence-electron chi connectivity index (χ2n) is 7.31. The van der Waals surface area contributed by atoms with Crippen LogP contribution in [0.5, 0.6) is 0 Å². The number of carbonyl (C=O) groups is 2. The monoisotopic (exact) mass is 466 g/mol. The summed E-state index contributed by atoms with van der Waals surface area (Å²) in [5, 5.41) is 10.1. The van der Waals surface area contributed by atoms with Gasteiger partial charge in [-0.1, -0.05) is 30.3 Å². The fraction of sp³-hybridized carbons (Fsp3) is 0.217. The zero-order valence-corrected chi connectivity index (χ0v) is 19.5. The number of nitrogens with zero attached hydrogens (tertiary/aromatic N) is 2. The predicted molar refractivity (Wildman–Crippen MR) is 127 cm³/mol. The van der Waals surface area contributed by atoms with E-state index in [0.717, 1.165) is 21.7 Å². The predicted octanol–water partition coefficient (Wildman–Crippen LogP) is 5.21. The summed E-state index contributed by atoms with van der Waals surface area (Å²) in [7, 11) is 0. The molecule has 0 aliphatic carbocycles. The molecule has 164 valence electrons. The van der Waals surface area contributed by atoms with Crippen LogP contribution in [0, 0.1) is 6.92 Å². The summed E-state index contributed by atoms with van der Waals surface area (Å²) in [4.78, 5) is 33.7. The van der Waals surface area contributed by atoms with Crippen molar-refractivity contribution in [3.63, 3.8) is 0 Å². The maximum absolute atomic E-state index is 12.5. The Bertz CT molecular complexity index is 1230. The largest absolute Gasteiger partial charge is 0.440 e. The lowest BCUT2D eigenvalue weighted by Gasteiger charge is -2.12. The number of aryl methyl sites for hydroxylation is 1. The van der Waals surface area contributed by atoms with Crippen LogP contribution in [0.3, 0.4) is 0 Å². The first kappa shape index (κ1) is 21.9. The Morgan fingerprint density at radius 2 is 1.91 bits per heavy atom. The topological polar surface area (TPSA) is 97.1 Å². The number of nitrogens with one attached hydrogen (secondary N) is 2. The minimum absolute atomic E-state index is 0.0628. The molecule has 0 radical (unpaired) electrons. The number of rotatable bonds is 7. The summed E-state index contributed by atoms with van der Waals surface area (Å²) < 4.78 is 5.70. The minimum atomic E-state index is -0.195. The number of amides is 2. The van der Waals surface area contributed by atoms with E-state index in [-0.39, 0.29) is 24.3 Å². The van der Waals surface area contributed by atoms with Crippen LogP contribution in [0.2, 0.25) is 0 Å². The molecule has 4 rings (SSSR count). The second-order valence-corrected chi connectivity index (χ2v) is 9.11. The summed E-state index contributed by atoms with van der Waals surface area (Å²) in [5.41, 5.74) is 3.35. The van der Waals surface area contributed by atoms with E-state index in [1.54, 1.807) is 11.3 Å². The lowest BCUT2D eigenvalue weighted by atomic mass is 10.1. The third kappa shape index (κ3) is 5.12. The number of aromatic nitrogens is 2. The molecule has 7 nitrogen and oxygen atoms in total. The van der Waals surface area contributed by atoms with Gasteiger partial charge in [0.15, 0.2) is 5.13 Å². The Kier molecular flexibility index (Phi) is 6.48. The Balaban J connectivity index is 1.39. The van der Waals surface area contributed by atoms with E-state index in [1.807, 2.05) is 61.0 Å². The first-order chi connectivity index (χ1) is 15.4. The molecule has 0 fully saturated rings. The lowest BCUT2D eigenvalue weighted by Crippen LogP contribution is -2.23. The lowest BCUT2D eigenvalue weighted by molar-refractivity contribution is -0.119. The highest BCUT2D eigenvalue weighted by atomic mass is 32.1. The Morgan fingerprint density at radius 3 is 2.59 bits per heavy atom. The van der Waals surface area contributed by atoms with Crippen molar-refractivity contribution in [1.29, 1.82) is 0 Å². The molecule has 1 aromatic carbocycles. The number of hydrogen-bond acceptors (Lipinski definition) is 7. The molecule has 0 saturated heterocycles. The molecule has 2 N–H and O–H groups in total.